The van der Waals surface area contributed by atoms with E-state index in [-0.39, 0.29) is 0 Å². The largest absolute Gasteiger partial charge is 0.252 e. The highest BCUT2D eigenvalue weighted by Crippen LogP contribution is 2.38. The van der Waals surface area contributed by atoms with Gasteiger partial charge in [0, 0.05) is 16.8 Å². The van der Waals surface area contributed by atoms with Crippen molar-refractivity contribution in [2.45, 2.75) is 12.8 Å². The van der Waals surface area contributed by atoms with E-state index in [1.165, 1.54) is 23.3 Å². The van der Waals surface area contributed by atoms with Crippen LogP contribution in [0.5, 0.6) is 0 Å². The minimum Gasteiger partial charge on any atom is -0.252 e. The number of aliphatic imine (C=N–C) groups is 1. The van der Waals surface area contributed by atoms with E-state index in [0.29, 0.717) is 0 Å². The van der Waals surface area contributed by atoms with Gasteiger partial charge in [-0.1, -0.05) is 24.3 Å². The molecule has 58 valence electrons. The molecular weight excluding hydrogens is 146 g/mol. The van der Waals surface area contributed by atoms with E-state index in [9.17, 15) is 0 Å². The summed E-state index contributed by atoms with van der Waals surface area (Å²) in [6.07, 6.45) is 4.59. The molecule has 0 saturated carbocycles. The lowest BCUT2D eigenvalue weighted by Crippen LogP contribution is -1.87. The minimum atomic E-state index is 1.13. The van der Waals surface area contributed by atoms with E-state index in [2.05, 4.69) is 29.3 Å². The fourth-order valence-electron chi connectivity index (χ4n) is 1.93. The van der Waals surface area contributed by atoms with Crippen LogP contribution >= 0.6 is 0 Å². The van der Waals surface area contributed by atoms with Crippen LogP contribution in [0.25, 0.3) is 5.57 Å². The standard InChI is InChI=1S/C11H9N/c1-2-6-10-8(4-1)9-5-3-7-11(9)12-10/h1-2,4-6H,3,7H2. The minimum absolute atomic E-state index is 1.13. The first-order chi connectivity index (χ1) is 5.95. The fourth-order valence-corrected chi connectivity index (χ4v) is 1.93. The van der Waals surface area contributed by atoms with Crippen LogP contribution in [0.4, 0.5) is 5.69 Å². The van der Waals surface area contributed by atoms with Crippen LogP contribution in [0, 0.1) is 0 Å². The van der Waals surface area contributed by atoms with Crippen LogP contribution in [-0.2, 0) is 0 Å². The van der Waals surface area contributed by atoms with Gasteiger partial charge in [0.1, 0.15) is 0 Å². The zero-order chi connectivity index (χ0) is 7.97. The summed E-state index contributed by atoms with van der Waals surface area (Å²) in [6, 6.07) is 8.37. The molecule has 0 spiro atoms. The van der Waals surface area contributed by atoms with Gasteiger partial charge in [-0.3, -0.25) is 4.99 Å². The highest BCUT2D eigenvalue weighted by molar-refractivity contribution is 6.30. The lowest BCUT2D eigenvalue weighted by atomic mass is 10.1. The Hall–Kier alpha value is -1.37. The topological polar surface area (TPSA) is 12.4 Å². The van der Waals surface area contributed by atoms with Crippen LogP contribution in [0.2, 0.25) is 0 Å². The predicted molar refractivity (Wildman–Crippen MR) is 50.7 cm³/mol. The van der Waals surface area contributed by atoms with Crippen molar-refractivity contribution >= 4 is 17.0 Å². The Bertz CT molecular complexity index is 399. The van der Waals surface area contributed by atoms with Gasteiger partial charge in [-0.2, -0.15) is 0 Å². The number of nitrogens with zero attached hydrogens (tertiary/aromatic N) is 1. The number of fused-ring (bicyclic) bond motifs is 3. The normalized spacial score (nSPS) is 18.3. The predicted octanol–water partition coefficient (Wildman–Crippen LogP) is 2.95. The quantitative estimate of drug-likeness (QED) is 0.546. The van der Waals surface area contributed by atoms with Crippen molar-refractivity contribution in [1.29, 1.82) is 0 Å². The maximum absolute atomic E-state index is 4.56. The zero-order valence-corrected chi connectivity index (χ0v) is 6.75. The molecule has 0 bridgehead atoms. The average Bonchev–Trinajstić information content (AvgIpc) is 2.62. The Kier molecular flexibility index (Phi) is 1.06. The summed E-state index contributed by atoms with van der Waals surface area (Å²) >= 11 is 0. The van der Waals surface area contributed by atoms with Crippen molar-refractivity contribution in [2.75, 3.05) is 0 Å². The molecule has 0 atom stereocenters. The summed E-state index contributed by atoms with van der Waals surface area (Å²) in [7, 11) is 0. The van der Waals surface area contributed by atoms with Crippen molar-refractivity contribution < 1.29 is 0 Å². The highest BCUT2D eigenvalue weighted by atomic mass is 14.8. The number of para-hydroxylation sites is 1. The molecule has 0 amide bonds. The number of benzene rings is 1. The smallest absolute Gasteiger partial charge is 0.0712 e. The molecule has 1 aromatic rings. The summed E-state index contributed by atoms with van der Waals surface area (Å²) < 4.78 is 0. The van der Waals surface area contributed by atoms with Gasteiger partial charge < -0.3 is 0 Å². The van der Waals surface area contributed by atoms with E-state index in [4.69, 9.17) is 0 Å². The Balaban J connectivity index is 2.29. The maximum Gasteiger partial charge on any atom is 0.0712 e. The van der Waals surface area contributed by atoms with Crippen LogP contribution in [-0.4, -0.2) is 5.71 Å². The summed E-state index contributed by atoms with van der Waals surface area (Å²) in [6.45, 7) is 0. The van der Waals surface area contributed by atoms with E-state index in [0.717, 1.165) is 12.1 Å². The number of hydrogen-bond acceptors (Lipinski definition) is 1. The van der Waals surface area contributed by atoms with Gasteiger partial charge in [0.2, 0.25) is 0 Å². The van der Waals surface area contributed by atoms with Gasteiger partial charge >= 0.3 is 0 Å². The third-order valence-corrected chi connectivity index (χ3v) is 2.49. The Morgan fingerprint density at radius 2 is 2.08 bits per heavy atom. The third kappa shape index (κ3) is 0.658. The average molecular weight is 155 g/mol. The molecule has 3 rings (SSSR count). The number of allylic oxidation sites excluding steroid dienone is 2. The molecule has 1 aliphatic carbocycles. The van der Waals surface area contributed by atoms with Crippen molar-refractivity contribution in [3.63, 3.8) is 0 Å². The molecule has 0 N–H and O–H groups in total. The molecule has 0 aromatic heterocycles. The summed E-state index contributed by atoms with van der Waals surface area (Å²) in [4.78, 5) is 4.56. The lowest BCUT2D eigenvalue weighted by molar-refractivity contribution is 1.14. The molecule has 0 unspecified atom stereocenters. The molecule has 0 saturated heterocycles. The third-order valence-electron chi connectivity index (χ3n) is 2.49. The molecule has 1 nitrogen and oxygen atoms in total. The SMILES string of the molecule is C1=C2C(=Nc3ccccc32)CC1. The molecule has 1 aromatic carbocycles. The lowest BCUT2D eigenvalue weighted by Gasteiger charge is -1.95. The molecular formula is C11H9N. The molecule has 1 aliphatic heterocycles. The van der Waals surface area contributed by atoms with Crippen LogP contribution in [0.1, 0.15) is 18.4 Å². The van der Waals surface area contributed by atoms with Crippen molar-refractivity contribution in [2.24, 2.45) is 4.99 Å². The first-order valence-electron chi connectivity index (χ1n) is 4.33. The monoisotopic (exact) mass is 155 g/mol. The van der Waals surface area contributed by atoms with Crippen LogP contribution in [0.15, 0.2) is 35.3 Å². The van der Waals surface area contributed by atoms with Crippen molar-refractivity contribution in [3.05, 3.63) is 35.9 Å². The van der Waals surface area contributed by atoms with Gasteiger partial charge in [0.05, 0.1) is 5.69 Å². The van der Waals surface area contributed by atoms with Gasteiger partial charge in [0.15, 0.2) is 0 Å². The number of rotatable bonds is 0. The van der Waals surface area contributed by atoms with E-state index < -0.39 is 0 Å². The molecule has 2 aliphatic rings. The summed E-state index contributed by atoms with van der Waals surface area (Å²) in [5, 5.41) is 0. The first kappa shape index (κ1) is 6.18. The fraction of sp³-hybridized carbons (Fsp3) is 0.182. The molecule has 12 heavy (non-hydrogen) atoms. The second kappa shape index (κ2) is 2.07. The van der Waals surface area contributed by atoms with E-state index >= 15 is 0 Å². The second-order valence-electron chi connectivity index (χ2n) is 3.23. The first-order valence-corrected chi connectivity index (χ1v) is 4.33. The Labute approximate surface area is 71.5 Å². The summed E-state index contributed by atoms with van der Waals surface area (Å²) in [5.74, 6) is 0. The molecule has 0 fully saturated rings. The Morgan fingerprint density at radius 3 is 3.08 bits per heavy atom. The van der Waals surface area contributed by atoms with Crippen LogP contribution in [0.3, 0.4) is 0 Å². The van der Waals surface area contributed by atoms with Gasteiger partial charge in [-0.05, 0) is 18.9 Å². The van der Waals surface area contributed by atoms with Crippen molar-refractivity contribution in [1.82, 2.24) is 0 Å². The van der Waals surface area contributed by atoms with Gasteiger partial charge in [-0.25, -0.2) is 0 Å². The maximum atomic E-state index is 4.56. The second-order valence-corrected chi connectivity index (χ2v) is 3.23. The van der Waals surface area contributed by atoms with Crippen LogP contribution < -0.4 is 0 Å². The van der Waals surface area contributed by atoms with E-state index in [1.807, 2.05) is 6.07 Å². The van der Waals surface area contributed by atoms with Gasteiger partial charge in [-0.15, -0.1) is 0 Å². The highest BCUT2D eigenvalue weighted by Gasteiger charge is 2.22. The molecule has 1 heterocycles. The number of hydrogen-bond donors (Lipinski definition) is 0. The zero-order valence-electron chi connectivity index (χ0n) is 6.75. The Morgan fingerprint density at radius 1 is 1.17 bits per heavy atom. The van der Waals surface area contributed by atoms with Gasteiger partial charge in [0.25, 0.3) is 0 Å². The molecule has 1 heteroatoms. The van der Waals surface area contributed by atoms with E-state index in [1.54, 1.807) is 0 Å². The molecule has 0 radical (unpaired) electrons. The summed E-state index contributed by atoms with van der Waals surface area (Å²) in [5.41, 5.74) is 5.14. The van der Waals surface area contributed by atoms with Crippen molar-refractivity contribution in [3.8, 4) is 0 Å².